The predicted molar refractivity (Wildman–Crippen MR) is 86.3 cm³/mol. The topological polar surface area (TPSA) is 75.6 Å². The molecule has 0 unspecified atom stereocenters. The highest BCUT2D eigenvalue weighted by Crippen LogP contribution is 2.26. The Kier molecular flexibility index (Phi) is 4.18. The van der Waals surface area contributed by atoms with E-state index >= 15 is 0 Å². The SMILES string of the molecule is [2H]c1cc(Cl)nc(-c2nc(N[C@H](C([2H])([2H])[2H])C(F)(F)F)nc(N[C@]([2H])(C)C(F)(F)F)n2)c1. The third-order valence-corrected chi connectivity index (χ3v) is 3.03. The van der Waals surface area contributed by atoms with Crippen LogP contribution in [0.2, 0.25) is 5.15 Å². The summed E-state index contributed by atoms with van der Waals surface area (Å²) in [5, 5.41) is 2.87. The zero-order valence-corrected chi connectivity index (χ0v) is 13.9. The number of pyridine rings is 1. The standard InChI is InChI=1S/C14H13ClF6N6/c1-6(13(16,17)18)22-11-25-10(8-4-3-5-9(15)24-8)26-12(27-11)23-7(2)14(19,20)21/h3-7H,1-2H3,(H2,22,23,25,26,27)/t6-,7-/m1/s1/i1D3,3D,7D. The minimum Gasteiger partial charge on any atom is -0.343 e. The van der Waals surface area contributed by atoms with Crippen molar-refractivity contribution in [3.05, 3.63) is 23.3 Å². The Labute approximate surface area is 161 Å². The van der Waals surface area contributed by atoms with E-state index in [-0.39, 0.29) is 16.9 Å². The maximum atomic E-state index is 13.2. The monoisotopic (exact) mass is 419 g/mol. The minimum atomic E-state index is -5.32. The van der Waals surface area contributed by atoms with Crippen molar-refractivity contribution in [3.8, 4) is 11.5 Å². The zero-order chi connectivity index (χ0) is 24.7. The molecule has 0 aliphatic rings. The van der Waals surface area contributed by atoms with Gasteiger partial charge in [-0.25, -0.2) is 4.98 Å². The molecule has 0 aliphatic heterocycles. The van der Waals surface area contributed by atoms with Crippen LogP contribution in [0.25, 0.3) is 11.5 Å². The van der Waals surface area contributed by atoms with Gasteiger partial charge in [-0.2, -0.15) is 41.3 Å². The average Bonchev–Trinajstić information content (AvgIpc) is 2.55. The van der Waals surface area contributed by atoms with Crippen LogP contribution in [0.4, 0.5) is 38.2 Å². The second-order valence-corrected chi connectivity index (χ2v) is 5.34. The van der Waals surface area contributed by atoms with Crippen LogP contribution in [0, 0.1) is 0 Å². The van der Waals surface area contributed by atoms with Crippen LogP contribution in [0.5, 0.6) is 0 Å². The second-order valence-electron chi connectivity index (χ2n) is 4.95. The van der Waals surface area contributed by atoms with Gasteiger partial charge in [0.05, 0.1) is 2.74 Å². The summed E-state index contributed by atoms with van der Waals surface area (Å²) < 4.78 is 115. The fraction of sp³-hybridized carbons (Fsp3) is 0.429. The molecule has 0 radical (unpaired) electrons. The molecular weight excluding hydrogens is 402 g/mol. The molecule has 2 heterocycles. The largest absolute Gasteiger partial charge is 0.408 e. The van der Waals surface area contributed by atoms with Gasteiger partial charge in [0.2, 0.25) is 11.9 Å². The van der Waals surface area contributed by atoms with Gasteiger partial charge in [0.1, 0.15) is 22.9 Å². The summed E-state index contributed by atoms with van der Waals surface area (Å²) in [6, 6.07) is -4.70. The van der Waals surface area contributed by atoms with Crippen LogP contribution in [-0.2, 0) is 0 Å². The van der Waals surface area contributed by atoms with Gasteiger partial charge < -0.3 is 10.6 Å². The number of aromatic nitrogens is 4. The Morgan fingerprint density at radius 2 is 1.67 bits per heavy atom. The first kappa shape index (κ1) is 14.7. The Morgan fingerprint density at radius 1 is 1.04 bits per heavy atom. The van der Waals surface area contributed by atoms with E-state index in [0.29, 0.717) is 6.92 Å². The van der Waals surface area contributed by atoms with E-state index < -0.39 is 49.0 Å². The normalized spacial score (nSPS) is 18.9. The number of rotatable bonds is 5. The molecule has 2 rings (SSSR count). The van der Waals surface area contributed by atoms with E-state index in [9.17, 15) is 26.3 Å². The predicted octanol–water partition coefficient (Wildman–Crippen LogP) is 4.31. The molecule has 0 amide bonds. The van der Waals surface area contributed by atoms with Gasteiger partial charge in [-0.3, -0.25) is 0 Å². The summed E-state index contributed by atoms with van der Waals surface area (Å²) in [4.78, 5) is 14.3. The molecule has 6 nitrogen and oxygen atoms in total. The molecule has 2 aromatic heterocycles. The molecule has 0 bridgehead atoms. The summed E-state index contributed by atoms with van der Waals surface area (Å²) in [5.41, 5.74) is -0.327. The van der Waals surface area contributed by atoms with Gasteiger partial charge in [-0.1, -0.05) is 17.6 Å². The third-order valence-electron chi connectivity index (χ3n) is 2.84. The van der Waals surface area contributed by atoms with E-state index in [0.717, 1.165) is 12.1 Å². The van der Waals surface area contributed by atoms with E-state index in [1.54, 1.807) is 5.32 Å². The quantitative estimate of drug-likeness (QED) is 0.555. The first-order valence-electron chi connectivity index (χ1n) is 9.38. The highest BCUT2D eigenvalue weighted by Gasteiger charge is 2.38. The lowest BCUT2D eigenvalue weighted by Gasteiger charge is -2.20. The number of hydrogen-bond donors (Lipinski definition) is 2. The lowest BCUT2D eigenvalue weighted by Crippen LogP contribution is -2.35. The van der Waals surface area contributed by atoms with Crippen LogP contribution < -0.4 is 10.6 Å². The summed E-state index contributed by atoms with van der Waals surface area (Å²) in [5.74, 6) is -2.71. The summed E-state index contributed by atoms with van der Waals surface area (Å²) in [7, 11) is 0. The van der Waals surface area contributed by atoms with Crippen molar-refractivity contribution in [1.82, 2.24) is 19.9 Å². The second kappa shape index (κ2) is 7.71. The molecule has 2 N–H and O–H groups in total. The smallest absolute Gasteiger partial charge is 0.343 e. The molecule has 0 saturated carbocycles. The number of hydrogen-bond acceptors (Lipinski definition) is 6. The first-order chi connectivity index (χ1) is 14.3. The summed E-state index contributed by atoms with van der Waals surface area (Å²) in [6.07, 6.45) is -10.5. The molecule has 0 fully saturated rings. The van der Waals surface area contributed by atoms with Gasteiger partial charge in [0.15, 0.2) is 5.82 Å². The molecule has 148 valence electrons. The number of halogens is 7. The van der Waals surface area contributed by atoms with Gasteiger partial charge in [-0.05, 0) is 25.9 Å². The number of nitrogens with one attached hydrogen (secondary N) is 2. The number of alkyl halides is 6. The van der Waals surface area contributed by atoms with E-state index in [2.05, 4.69) is 19.9 Å². The molecule has 2 atom stereocenters. The van der Waals surface area contributed by atoms with Gasteiger partial charge in [0, 0.05) is 4.11 Å². The van der Waals surface area contributed by atoms with Gasteiger partial charge >= 0.3 is 12.4 Å². The van der Waals surface area contributed by atoms with Crippen molar-refractivity contribution in [2.24, 2.45) is 0 Å². The fourth-order valence-electron chi connectivity index (χ4n) is 1.54. The molecule has 0 aromatic carbocycles. The maximum absolute atomic E-state index is 13.2. The maximum Gasteiger partial charge on any atom is 0.408 e. The fourth-order valence-corrected chi connectivity index (χ4v) is 1.70. The molecule has 2 aromatic rings. The molecular formula is C14H13ClF6N6. The van der Waals surface area contributed by atoms with Crippen LogP contribution >= 0.6 is 11.6 Å². The molecule has 27 heavy (non-hydrogen) atoms. The molecule has 0 aliphatic carbocycles. The Morgan fingerprint density at radius 3 is 2.19 bits per heavy atom. The molecule has 0 spiro atoms. The van der Waals surface area contributed by atoms with Crippen molar-refractivity contribution in [3.63, 3.8) is 0 Å². The number of nitrogens with zero attached hydrogens (tertiary/aromatic N) is 4. The third kappa shape index (κ3) is 5.81. The number of anilines is 2. The Hall–Kier alpha value is -2.37. The van der Waals surface area contributed by atoms with E-state index in [1.165, 1.54) is 5.32 Å². The Balaban J connectivity index is 2.63. The highest BCUT2D eigenvalue weighted by atomic mass is 35.5. The van der Waals surface area contributed by atoms with Crippen LogP contribution in [0.1, 0.15) is 20.6 Å². The van der Waals surface area contributed by atoms with Crippen LogP contribution in [-0.4, -0.2) is 44.3 Å². The van der Waals surface area contributed by atoms with Crippen molar-refractivity contribution in [1.29, 1.82) is 0 Å². The van der Waals surface area contributed by atoms with Crippen molar-refractivity contribution >= 4 is 23.5 Å². The summed E-state index contributed by atoms with van der Waals surface area (Å²) >= 11 is 5.71. The van der Waals surface area contributed by atoms with Crippen molar-refractivity contribution in [2.75, 3.05) is 10.6 Å². The Bertz CT molecular complexity index is 950. The summed E-state index contributed by atoms with van der Waals surface area (Å²) in [6.45, 7) is -3.23. The van der Waals surface area contributed by atoms with Crippen LogP contribution in [0.15, 0.2) is 18.2 Å². The molecule has 0 saturated heterocycles. The minimum absolute atomic E-state index is 0.235. The van der Waals surface area contributed by atoms with Gasteiger partial charge in [-0.15, -0.1) is 0 Å². The zero-order valence-electron chi connectivity index (χ0n) is 18.2. The first-order valence-corrected chi connectivity index (χ1v) is 7.26. The lowest BCUT2D eigenvalue weighted by atomic mass is 10.3. The molecule has 13 heteroatoms. The van der Waals surface area contributed by atoms with Gasteiger partial charge in [0.25, 0.3) is 0 Å². The van der Waals surface area contributed by atoms with Crippen molar-refractivity contribution in [2.45, 2.75) is 38.2 Å². The average molecular weight is 420 g/mol. The van der Waals surface area contributed by atoms with E-state index in [4.69, 9.17) is 18.5 Å². The highest BCUT2D eigenvalue weighted by molar-refractivity contribution is 6.29. The van der Waals surface area contributed by atoms with Crippen molar-refractivity contribution < 1.29 is 33.2 Å². The lowest BCUT2D eigenvalue weighted by molar-refractivity contribution is -0.139. The van der Waals surface area contributed by atoms with Crippen LogP contribution in [0.3, 0.4) is 0 Å². The van der Waals surface area contributed by atoms with E-state index in [1.807, 2.05) is 0 Å².